The molecule has 0 spiro atoms. The number of aromatic nitrogens is 5. The second-order valence-electron chi connectivity index (χ2n) is 8.32. The number of aryl methyl sites for hydroxylation is 1. The first-order valence-electron chi connectivity index (χ1n) is 11.5. The SMILES string of the molecule is COc1cccc(-c2ccnc(-n3ncc(C(=O)NCCCc4ccncc4)c3C3CC3)n2)c1. The quantitative estimate of drug-likeness (QED) is 0.385. The van der Waals surface area contributed by atoms with Crippen molar-refractivity contribution in [3.05, 3.63) is 84.1 Å². The molecule has 1 amide bonds. The van der Waals surface area contributed by atoms with Crippen LogP contribution < -0.4 is 10.1 Å². The number of hydrogen-bond donors (Lipinski definition) is 1. The minimum Gasteiger partial charge on any atom is -0.497 e. The van der Waals surface area contributed by atoms with E-state index in [-0.39, 0.29) is 5.91 Å². The van der Waals surface area contributed by atoms with Gasteiger partial charge >= 0.3 is 0 Å². The number of nitrogens with zero attached hydrogens (tertiary/aromatic N) is 5. The first kappa shape index (κ1) is 21.8. The number of nitrogens with one attached hydrogen (secondary N) is 1. The average molecular weight is 455 g/mol. The third-order valence-corrected chi connectivity index (χ3v) is 5.89. The van der Waals surface area contributed by atoms with E-state index in [1.165, 1.54) is 5.56 Å². The highest BCUT2D eigenvalue weighted by Crippen LogP contribution is 2.42. The average Bonchev–Trinajstić information content (AvgIpc) is 3.64. The van der Waals surface area contributed by atoms with Gasteiger partial charge in [-0.15, -0.1) is 0 Å². The predicted octanol–water partition coefficient (Wildman–Crippen LogP) is 3.97. The Morgan fingerprint density at radius 2 is 2.00 bits per heavy atom. The van der Waals surface area contributed by atoms with Gasteiger partial charge in [0.25, 0.3) is 11.9 Å². The van der Waals surface area contributed by atoms with Gasteiger partial charge in [-0.3, -0.25) is 9.78 Å². The van der Waals surface area contributed by atoms with Crippen molar-refractivity contribution in [2.75, 3.05) is 13.7 Å². The van der Waals surface area contributed by atoms with Crippen LogP contribution in [0.2, 0.25) is 0 Å². The third-order valence-electron chi connectivity index (χ3n) is 5.89. The van der Waals surface area contributed by atoms with Crippen LogP contribution in [0.5, 0.6) is 5.75 Å². The Hall–Kier alpha value is -4.07. The van der Waals surface area contributed by atoms with E-state index in [4.69, 9.17) is 9.72 Å². The summed E-state index contributed by atoms with van der Waals surface area (Å²) in [5.74, 6) is 1.41. The smallest absolute Gasteiger partial charge is 0.254 e. The lowest BCUT2D eigenvalue weighted by molar-refractivity contribution is 0.0952. The molecule has 0 atom stereocenters. The third kappa shape index (κ3) is 4.80. The molecule has 0 saturated heterocycles. The normalized spacial score (nSPS) is 13.0. The lowest BCUT2D eigenvalue weighted by Gasteiger charge is -2.10. The van der Waals surface area contributed by atoms with E-state index in [0.29, 0.717) is 24.0 Å². The lowest BCUT2D eigenvalue weighted by Crippen LogP contribution is -2.25. The molecule has 4 aromatic rings. The lowest BCUT2D eigenvalue weighted by atomic mass is 10.1. The topological polar surface area (TPSA) is 94.8 Å². The van der Waals surface area contributed by atoms with Crippen LogP contribution in [0.15, 0.2) is 67.3 Å². The minimum atomic E-state index is -0.105. The Kier molecular flexibility index (Phi) is 6.29. The highest BCUT2D eigenvalue weighted by atomic mass is 16.5. The number of rotatable bonds is 9. The van der Waals surface area contributed by atoms with E-state index in [1.54, 1.807) is 36.6 Å². The van der Waals surface area contributed by atoms with Crippen molar-refractivity contribution >= 4 is 5.91 Å². The van der Waals surface area contributed by atoms with Crippen molar-refractivity contribution in [2.24, 2.45) is 0 Å². The summed E-state index contributed by atoms with van der Waals surface area (Å²) in [7, 11) is 1.64. The van der Waals surface area contributed by atoms with Gasteiger partial charge in [0, 0.05) is 36.6 Å². The molecule has 0 aliphatic heterocycles. The molecule has 0 unspecified atom stereocenters. The molecule has 1 fully saturated rings. The molecule has 1 N–H and O–H groups in total. The molecular formula is C26H26N6O2. The maximum Gasteiger partial charge on any atom is 0.254 e. The summed E-state index contributed by atoms with van der Waals surface area (Å²) in [6, 6.07) is 13.6. The van der Waals surface area contributed by atoms with Crippen molar-refractivity contribution in [3.63, 3.8) is 0 Å². The molecule has 8 heteroatoms. The molecule has 34 heavy (non-hydrogen) atoms. The maximum atomic E-state index is 13.0. The highest BCUT2D eigenvalue weighted by Gasteiger charge is 2.33. The maximum absolute atomic E-state index is 13.0. The van der Waals surface area contributed by atoms with Gasteiger partial charge in [0.15, 0.2) is 0 Å². The highest BCUT2D eigenvalue weighted by molar-refractivity contribution is 5.95. The standard InChI is InChI=1S/C26H26N6O2/c1-34-21-6-2-5-20(16-21)23-11-15-29-26(31-23)32-24(19-7-8-19)22(17-30-32)25(33)28-12-3-4-18-9-13-27-14-10-18/h2,5-6,9-11,13-17,19H,3-4,7-8,12H2,1H3,(H,28,33). The summed E-state index contributed by atoms with van der Waals surface area (Å²) in [5, 5.41) is 7.56. The molecule has 8 nitrogen and oxygen atoms in total. The van der Waals surface area contributed by atoms with Crippen LogP contribution >= 0.6 is 0 Å². The van der Waals surface area contributed by atoms with Crippen molar-refractivity contribution in [1.82, 2.24) is 30.0 Å². The second-order valence-corrected chi connectivity index (χ2v) is 8.32. The number of hydrogen-bond acceptors (Lipinski definition) is 6. The molecule has 0 radical (unpaired) electrons. The summed E-state index contributed by atoms with van der Waals surface area (Å²) >= 11 is 0. The number of carbonyl (C=O) groups is 1. The van der Waals surface area contributed by atoms with Gasteiger partial charge in [0.1, 0.15) is 5.75 Å². The Bertz CT molecular complexity index is 1280. The molecule has 1 aromatic carbocycles. The fraction of sp³-hybridized carbons (Fsp3) is 0.269. The summed E-state index contributed by atoms with van der Waals surface area (Å²) in [5.41, 5.74) is 4.39. The van der Waals surface area contributed by atoms with Crippen molar-refractivity contribution in [3.8, 4) is 23.0 Å². The Balaban J connectivity index is 1.34. The number of ether oxygens (including phenoxy) is 1. The molecule has 5 rings (SSSR count). The number of pyridine rings is 1. The van der Waals surface area contributed by atoms with Gasteiger partial charge in [-0.1, -0.05) is 12.1 Å². The second kappa shape index (κ2) is 9.82. The Morgan fingerprint density at radius 1 is 1.15 bits per heavy atom. The summed E-state index contributed by atoms with van der Waals surface area (Å²) in [6.45, 7) is 0.596. The van der Waals surface area contributed by atoms with E-state index in [1.807, 2.05) is 42.5 Å². The van der Waals surface area contributed by atoms with Gasteiger partial charge in [0.05, 0.1) is 30.3 Å². The van der Waals surface area contributed by atoms with Gasteiger partial charge in [-0.05, 0) is 61.6 Å². The Morgan fingerprint density at radius 3 is 2.79 bits per heavy atom. The van der Waals surface area contributed by atoms with Crippen LogP contribution in [0.3, 0.4) is 0 Å². The fourth-order valence-corrected chi connectivity index (χ4v) is 3.97. The van der Waals surface area contributed by atoms with E-state index < -0.39 is 0 Å². The first-order valence-corrected chi connectivity index (χ1v) is 11.5. The van der Waals surface area contributed by atoms with Crippen LogP contribution in [-0.2, 0) is 6.42 Å². The molecule has 3 aromatic heterocycles. The van der Waals surface area contributed by atoms with Gasteiger partial charge in [0.2, 0.25) is 0 Å². The zero-order valence-corrected chi connectivity index (χ0v) is 19.0. The number of benzene rings is 1. The number of carbonyl (C=O) groups excluding carboxylic acids is 1. The van der Waals surface area contributed by atoms with Crippen molar-refractivity contribution in [2.45, 2.75) is 31.6 Å². The molecular weight excluding hydrogens is 428 g/mol. The largest absolute Gasteiger partial charge is 0.497 e. The summed E-state index contributed by atoms with van der Waals surface area (Å²) in [4.78, 5) is 26.2. The monoisotopic (exact) mass is 454 g/mol. The molecule has 3 heterocycles. The first-order chi connectivity index (χ1) is 16.7. The summed E-state index contributed by atoms with van der Waals surface area (Å²) in [6.07, 6.45) is 10.7. The van der Waals surface area contributed by atoms with Crippen LogP contribution in [0.4, 0.5) is 0 Å². The van der Waals surface area contributed by atoms with E-state index in [0.717, 1.165) is 48.4 Å². The zero-order valence-electron chi connectivity index (χ0n) is 19.0. The van der Waals surface area contributed by atoms with Crippen molar-refractivity contribution < 1.29 is 9.53 Å². The minimum absolute atomic E-state index is 0.105. The van der Waals surface area contributed by atoms with Crippen LogP contribution in [0, 0.1) is 0 Å². The van der Waals surface area contributed by atoms with Crippen LogP contribution in [-0.4, -0.2) is 44.3 Å². The Labute approximate surface area is 198 Å². The predicted molar refractivity (Wildman–Crippen MR) is 128 cm³/mol. The number of methoxy groups -OCH3 is 1. The molecule has 172 valence electrons. The van der Waals surface area contributed by atoms with Crippen LogP contribution in [0.25, 0.3) is 17.2 Å². The van der Waals surface area contributed by atoms with E-state index in [9.17, 15) is 4.79 Å². The van der Waals surface area contributed by atoms with E-state index >= 15 is 0 Å². The summed E-state index contributed by atoms with van der Waals surface area (Å²) < 4.78 is 7.05. The van der Waals surface area contributed by atoms with Gasteiger partial charge in [-0.2, -0.15) is 5.10 Å². The van der Waals surface area contributed by atoms with Gasteiger partial charge in [-0.25, -0.2) is 14.6 Å². The fourth-order valence-electron chi connectivity index (χ4n) is 3.97. The molecule has 1 saturated carbocycles. The molecule has 1 aliphatic carbocycles. The molecule has 1 aliphatic rings. The van der Waals surface area contributed by atoms with Crippen molar-refractivity contribution in [1.29, 1.82) is 0 Å². The van der Waals surface area contributed by atoms with Crippen LogP contribution in [0.1, 0.15) is 46.8 Å². The molecule has 0 bridgehead atoms. The zero-order chi connectivity index (χ0) is 23.3. The van der Waals surface area contributed by atoms with Gasteiger partial charge < -0.3 is 10.1 Å². The number of amides is 1. The van der Waals surface area contributed by atoms with E-state index in [2.05, 4.69) is 20.4 Å².